The van der Waals surface area contributed by atoms with Gasteiger partial charge in [-0.05, 0) is 44.9 Å². The van der Waals surface area contributed by atoms with Gasteiger partial charge in [-0.2, -0.15) is 0 Å². The Morgan fingerprint density at radius 2 is 2.33 bits per heavy atom. The van der Waals surface area contributed by atoms with Crippen molar-refractivity contribution < 1.29 is 4.74 Å². The predicted molar refractivity (Wildman–Crippen MR) is 79.7 cm³/mol. The molecule has 0 saturated carbocycles. The fraction of sp³-hybridized carbons (Fsp3) is 0.647. The van der Waals surface area contributed by atoms with E-state index in [1.165, 1.54) is 5.57 Å². The summed E-state index contributed by atoms with van der Waals surface area (Å²) in [5, 5.41) is 0. The van der Waals surface area contributed by atoms with Crippen molar-refractivity contribution >= 4 is 0 Å². The quantitative estimate of drug-likeness (QED) is 0.573. The normalized spacial score (nSPS) is 25.5. The van der Waals surface area contributed by atoms with Gasteiger partial charge in [0.1, 0.15) is 0 Å². The molecule has 0 radical (unpaired) electrons. The summed E-state index contributed by atoms with van der Waals surface area (Å²) in [6.07, 6.45) is 14.9. The van der Waals surface area contributed by atoms with Crippen LogP contribution in [0.15, 0.2) is 36.5 Å². The molecule has 1 nitrogen and oxygen atoms in total. The van der Waals surface area contributed by atoms with Crippen molar-refractivity contribution in [3.63, 3.8) is 0 Å². The van der Waals surface area contributed by atoms with Crippen LogP contribution in [0.3, 0.4) is 0 Å². The predicted octanol–water partition coefficient (Wildman–Crippen LogP) is 5.05. The first kappa shape index (κ1) is 15.2. The Labute approximate surface area is 113 Å². The summed E-state index contributed by atoms with van der Waals surface area (Å²) in [4.78, 5) is 0. The summed E-state index contributed by atoms with van der Waals surface area (Å²) >= 11 is 0. The van der Waals surface area contributed by atoms with Crippen LogP contribution in [0.2, 0.25) is 0 Å². The first-order valence-electron chi connectivity index (χ1n) is 7.25. The molecule has 1 heterocycles. The molecule has 0 N–H and O–H groups in total. The van der Waals surface area contributed by atoms with E-state index in [1.54, 1.807) is 0 Å². The highest BCUT2D eigenvalue weighted by atomic mass is 16.5. The van der Waals surface area contributed by atoms with Gasteiger partial charge in [-0.15, -0.1) is 0 Å². The summed E-state index contributed by atoms with van der Waals surface area (Å²) < 4.78 is 6.11. The summed E-state index contributed by atoms with van der Waals surface area (Å²) in [7, 11) is 0. The molecule has 0 aromatic rings. The van der Waals surface area contributed by atoms with Gasteiger partial charge in [0.25, 0.3) is 0 Å². The Bertz CT molecular complexity index is 301. The van der Waals surface area contributed by atoms with E-state index in [9.17, 15) is 0 Å². The smallest absolute Gasteiger partial charge is 0.0794 e. The lowest BCUT2D eigenvalue weighted by molar-refractivity contribution is -0.00424. The summed E-state index contributed by atoms with van der Waals surface area (Å²) in [6, 6.07) is 0. The van der Waals surface area contributed by atoms with E-state index in [1.807, 2.05) is 0 Å². The van der Waals surface area contributed by atoms with Crippen LogP contribution >= 0.6 is 0 Å². The van der Waals surface area contributed by atoms with Gasteiger partial charge in [0, 0.05) is 0 Å². The van der Waals surface area contributed by atoms with Crippen molar-refractivity contribution in [3.8, 4) is 0 Å². The molecule has 0 fully saturated rings. The van der Waals surface area contributed by atoms with Gasteiger partial charge in [0.15, 0.2) is 0 Å². The summed E-state index contributed by atoms with van der Waals surface area (Å²) in [5.41, 5.74) is 1.36. The number of hydrogen-bond donors (Lipinski definition) is 0. The van der Waals surface area contributed by atoms with Crippen LogP contribution in [-0.2, 0) is 4.74 Å². The Balaban J connectivity index is 2.34. The van der Waals surface area contributed by atoms with Crippen LogP contribution < -0.4 is 0 Å². The van der Waals surface area contributed by atoms with Gasteiger partial charge in [-0.3, -0.25) is 0 Å². The minimum atomic E-state index is 0.279. The van der Waals surface area contributed by atoms with Crippen LogP contribution in [0.4, 0.5) is 0 Å². The van der Waals surface area contributed by atoms with Crippen molar-refractivity contribution in [1.29, 1.82) is 0 Å². The second-order valence-electron chi connectivity index (χ2n) is 5.41. The molecule has 1 aliphatic heterocycles. The molecule has 0 bridgehead atoms. The number of ether oxygens (including phenoxy) is 1. The molecular weight excluding hydrogens is 220 g/mol. The molecule has 0 spiro atoms. The highest BCUT2D eigenvalue weighted by Gasteiger charge is 2.19. The molecular formula is C17H28O. The first-order valence-corrected chi connectivity index (χ1v) is 7.25. The van der Waals surface area contributed by atoms with E-state index >= 15 is 0 Å². The molecule has 1 aliphatic rings. The van der Waals surface area contributed by atoms with Gasteiger partial charge in [-0.1, -0.05) is 50.3 Å². The molecule has 102 valence electrons. The molecule has 18 heavy (non-hydrogen) atoms. The molecule has 0 aromatic heterocycles. The largest absolute Gasteiger partial charge is 0.370 e. The Morgan fingerprint density at radius 3 is 3.00 bits per heavy atom. The van der Waals surface area contributed by atoms with E-state index in [-0.39, 0.29) is 6.10 Å². The lowest BCUT2D eigenvalue weighted by atomic mass is 9.93. The maximum absolute atomic E-state index is 6.11. The van der Waals surface area contributed by atoms with Crippen LogP contribution in [-0.4, -0.2) is 12.2 Å². The number of allylic oxidation sites excluding steroid dienone is 2. The summed E-state index contributed by atoms with van der Waals surface area (Å²) in [5.74, 6) is 0.677. The second kappa shape index (κ2) is 8.31. The third-order valence-corrected chi connectivity index (χ3v) is 3.52. The zero-order chi connectivity index (χ0) is 13.4. The molecule has 1 unspecified atom stereocenters. The fourth-order valence-electron chi connectivity index (χ4n) is 2.46. The van der Waals surface area contributed by atoms with Gasteiger partial charge in [-0.25, -0.2) is 0 Å². The van der Waals surface area contributed by atoms with Crippen LogP contribution in [0.5, 0.6) is 0 Å². The zero-order valence-electron chi connectivity index (χ0n) is 12.2. The minimum Gasteiger partial charge on any atom is -0.370 e. The third kappa shape index (κ3) is 5.68. The minimum absolute atomic E-state index is 0.279. The molecule has 0 aromatic carbocycles. The topological polar surface area (TPSA) is 9.23 Å². The SMILES string of the molecule is C=C(CC)C[C@H](C)C[C@@H]1CC=CC(C/C=C\C)O1. The standard InChI is InChI=1S/C17H28O/c1-5-7-9-16-10-8-11-17(18-16)13-15(4)12-14(3)6-2/h5,7-8,10,15-17H,3,6,9,11-13H2,1-2,4H3/b7-5-/t15-,16?,17-/m0/s1. The van der Waals surface area contributed by atoms with Crippen LogP contribution in [0, 0.1) is 5.92 Å². The van der Waals surface area contributed by atoms with E-state index in [0.29, 0.717) is 12.0 Å². The Kier molecular flexibility index (Phi) is 7.04. The van der Waals surface area contributed by atoms with Crippen LogP contribution in [0.25, 0.3) is 0 Å². The fourth-order valence-corrected chi connectivity index (χ4v) is 2.46. The van der Waals surface area contributed by atoms with E-state index in [2.05, 4.69) is 51.7 Å². The molecule has 0 aliphatic carbocycles. The van der Waals surface area contributed by atoms with E-state index in [4.69, 9.17) is 4.74 Å². The molecule has 1 rings (SSSR count). The first-order chi connectivity index (χ1) is 8.65. The molecule has 3 atom stereocenters. The van der Waals surface area contributed by atoms with Gasteiger partial charge < -0.3 is 4.74 Å². The lowest BCUT2D eigenvalue weighted by Gasteiger charge is -2.27. The van der Waals surface area contributed by atoms with Crippen molar-refractivity contribution in [2.45, 2.75) is 65.1 Å². The molecule has 1 heteroatoms. The number of rotatable bonds is 7. The molecule has 0 saturated heterocycles. The highest BCUT2D eigenvalue weighted by molar-refractivity contribution is 5.00. The maximum atomic E-state index is 6.11. The van der Waals surface area contributed by atoms with Gasteiger partial charge in [0.2, 0.25) is 0 Å². The van der Waals surface area contributed by atoms with Crippen molar-refractivity contribution in [3.05, 3.63) is 36.5 Å². The van der Waals surface area contributed by atoms with Crippen LogP contribution in [0.1, 0.15) is 52.9 Å². The van der Waals surface area contributed by atoms with E-state index < -0.39 is 0 Å². The van der Waals surface area contributed by atoms with Crippen molar-refractivity contribution in [2.75, 3.05) is 0 Å². The van der Waals surface area contributed by atoms with Gasteiger partial charge in [0.05, 0.1) is 12.2 Å². The highest BCUT2D eigenvalue weighted by Crippen LogP contribution is 2.24. The zero-order valence-corrected chi connectivity index (χ0v) is 12.2. The lowest BCUT2D eigenvalue weighted by Crippen LogP contribution is -2.25. The maximum Gasteiger partial charge on any atom is 0.0794 e. The molecule has 0 amide bonds. The van der Waals surface area contributed by atoms with Crippen molar-refractivity contribution in [2.24, 2.45) is 5.92 Å². The third-order valence-electron chi connectivity index (χ3n) is 3.52. The van der Waals surface area contributed by atoms with Crippen molar-refractivity contribution in [1.82, 2.24) is 0 Å². The Hall–Kier alpha value is -0.820. The average Bonchev–Trinajstić information content (AvgIpc) is 2.36. The summed E-state index contributed by atoms with van der Waals surface area (Å²) in [6.45, 7) is 10.6. The monoisotopic (exact) mass is 248 g/mol. The van der Waals surface area contributed by atoms with Gasteiger partial charge >= 0.3 is 0 Å². The number of hydrogen-bond acceptors (Lipinski definition) is 1. The van der Waals surface area contributed by atoms with E-state index in [0.717, 1.165) is 32.1 Å². The average molecular weight is 248 g/mol. The second-order valence-corrected chi connectivity index (χ2v) is 5.41. The Morgan fingerprint density at radius 1 is 1.56 bits per heavy atom.